The summed E-state index contributed by atoms with van der Waals surface area (Å²) in [5.74, 6) is -0.181. The van der Waals surface area contributed by atoms with E-state index in [4.69, 9.17) is 0 Å². The lowest BCUT2D eigenvalue weighted by Crippen LogP contribution is -2.44. The molecule has 2 N–H and O–H groups in total. The van der Waals surface area contributed by atoms with E-state index in [1.165, 1.54) is 6.07 Å². The Morgan fingerprint density at radius 1 is 1.24 bits per heavy atom. The molecule has 6 nitrogen and oxygen atoms in total. The van der Waals surface area contributed by atoms with Crippen LogP contribution in [0.2, 0.25) is 0 Å². The molecule has 0 unspecified atom stereocenters. The van der Waals surface area contributed by atoms with Gasteiger partial charge in [-0.1, -0.05) is 6.92 Å². The van der Waals surface area contributed by atoms with E-state index in [-0.39, 0.29) is 12.4 Å². The predicted octanol–water partition coefficient (Wildman–Crippen LogP) is 0.204. The Hall–Kier alpha value is -1.37. The van der Waals surface area contributed by atoms with Gasteiger partial charge in [0.25, 0.3) is 0 Å². The molecule has 1 aliphatic rings. The molecule has 0 spiro atoms. The number of pyridine rings is 1. The van der Waals surface area contributed by atoms with Crippen LogP contribution in [0.25, 0.3) is 0 Å². The Morgan fingerprint density at radius 2 is 1.90 bits per heavy atom. The number of piperazine rings is 1. The number of aromatic nitrogens is 1. The van der Waals surface area contributed by atoms with Gasteiger partial charge in [-0.05, 0) is 13.5 Å². The Morgan fingerprint density at radius 3 is 2.48 bits per heavy atom. The number of aliphatic hydroxyl groups is 1. The molecule has 0 saturated carbocycles. The van der Waals surface area contributed by atoms with Gasteiger partial charge < -0.3 is 19.7 Å². The summed E-state index contributed by atoms with van der Waals surface area (Å²) >= 11 is 0. The van der Waals surface area contributed by atoms with Gasteiger partial charge in [-0.25, -0.2) is 0 Å². The Kier molecular flexibility index (Phi) is 5.39. The molecule has 1 fully saturated rings. The molecule has 0 bridgehead atoms. The van der Waals surface area contributed by atoms with Crippen LogP contribution in [0.15, 0.2) is 10.9 Å². The molecule has 2 rings (SSSR count). The summed E-state index contributed by atoms with van der Waals surface area (Å²) in [6.45, 7) is 6.88. The number of hydrogen-bond donors (Lipinski definition) is 2. The van der Waals surface area contributed by atoms with Gasteiger partial charge >= 0.3 is 0 Å². The van der Waals surface area contributed by atoms with Crippen LogP contribution in [-0.4, -0.2) is 57.8 Å². The molecule has 0 atom stereocenters. The predicted molar refractivity (Wildman–Crippen MR) is 81.4 cm³/mol. The van der Waals surface area contributed by atoms with E-state index in [0.29, 0.717) is 24.5 Å². The minimum Gasteiger partial charge on any atom is -0.503 e. The second kappa shape index (κ2) is 7.06. The molecule has 1 saturated heterocycles. The van der Waals surface area contributed by atoms with Crippen LogP contribution in [0.1, 0.15) is 24.7 Å². The summed E-state index contributed by atoms with van der Waals surface area (Å²) in [6, 6.07) is 1.33. The minimum absolute atomic E-state index is 0.181. The van der Waals surface area contributed by atoms with E-state index in [1.54, 1.807) is 0 Å². The average molecular weight is 295 g/mol. The average Bonchev–Trinajstić information content (AvgIpc) is 2.48. The van der Waals surface area contributed by atoms with Crippen LogP contribution in [0.4, 0.5) is 0 Å². The summed E-state index contributed by atoms with van der Waals surface area (Å²) in [7, 11) is 2.09. The standard InChI is InChI=1S/C15H25N3O3/c1-3-4-18-12(11-19)9-14(20)15(21)13(18)10-17-7-5-16(2)6-8-17/h9,19,21H,3-8,10-11H2,1-2H3. The van der Waals surface area contributed by atoms with E-state index >= 15 is 0 Å². The van der Waals surface area contributed by atoms with Gasteiger partial charge in [-0.3, -0.25) is 9.69 Å². The number of likely N-dealkylation sites (N-methyl/N-ethyl adjacent to an activating group) is 1. The molecule has 0 radical (unpaired) electrons. The molecule has 118 valence electrons. The second-order valence-electron chi connectivity index (χ2n) is 5.68. The van der Waals surface area contributed by atoms with E-state index in [0.717, 1.165) is 32.6 Å². The van der Waals surface area contributed by atoms with Crippen molar-refractivity contribution in [2.24, 2.45) is 0 Å². The highest BCUT2D eigenvalue weighted by atomic mass is 16.3. The smallest absolute Gasteiger partial charge is 0.223 e. The third kappa shape index (κ3) is 3.64. The fourth-order valence-electron chi connectivity index (χ4n) is 2.75. The monoisotopic (exact) mass is 295 g/mol. The summed E-state index contributed by atoms with van der Waals surface area (Å²) in [5.41, 5.74) is 0.789. The van der Waals surface area contributed by atoms with E-state index in [9.17, 15) is 15.0 Å². The maximum absolute atomic E-state index is 11.9. The summed E-state index contributed by atoms with van der Waals surface area (Å²) in [4.78, 5) is 16.4. The summed E-state index contributed by atoms with van der Waals surface area (Å²) < 4.78 is 1.88. The molecule has 6 heteroatoms. The highest BCUT2D eigenvalue weighted by molar-refractivity contribution is 5.30. The van der Waals surface area contributed by atoms with Gasteiger partial charge in [0.1, 0.15) is 0 Å². The Bertz CT molecular complexity index is 534. The van der Waals surface area contributed by atoms with Crippen molar-refractivity contribution in [3.8, 4) is 5.75 Å². The highest BCUT2D eigenvalue weighted by Gasteiger charge is 2.20. The van der Waals surface area contributed by atoms with E-state index < -0.39 is 5.43 Å². The van der Waals surface area contributed by atoms with Crippen molar-refractivity contribution in [2.45, 2.75) is 33.0 Å². The topological polar surface area (TPSA) is 68.9 Å². The van der Waals surface area contributed by atoms with Crippen LogP contribution in [0.5, 0.6) is 5.75 Å². The van der Waals surface area contributed by atoms with Gasteiger partial charge in [0.05, 0.1) is 12.3 Å². The van der Waals surface area contributed by atoms with Crippen LogP contribution in [0.3, 0.4) is 0 Å². The Labute approximate surface area is 125 Å². The van der Waals surface area contributed by atoms with Crippen molar-refractivity contribution in [2.75, 3.05) is 33.2 Å². The highest BCUT2D eigenvalue weighted by Crippen LogP contribution is 2.18. The second-order valence-corrected chi connectivity index (χ2v) is 5.68. The maximum atomic E-state index is 11.9. The zero-order valence-corrected chi connectivity index (χ0v) is 12.9. The van der Waals surface area contributed by atoms with Gasteiger partial charge in [0, 0.05) is 51.0 Å². The van der Waals surface area contributed by atoms with Gasteiger partial charge in [0.2, 0.25) is 5.43 Å². The minimum atomic E-state index is -0.407. The first kappa shape index (κ1) is 16.0. The largest absolute Gasteiger partial charge is 0.503 e. The molecular formula is C15H25N3O3. The molecule has 0 aromatic carbocycles. The zero-order valence-electron chi connectivity index (χ0n) is 12.9. The maximum Gasteiger partial charge on any atom is 0.223 e. The van der Waals surface area contributed by atoms with Crippen molar-refractivity contribution in [3.63, 3.8) is 0 Å². The van der Waals surface area contributed by atoms with E-state index in [1.807, 2.05) is 11.5 Å². The SMILES string of the molecule is CCCn1c(CO)cc(=O)c(O)c1CN1CCN(C)CC1. The van der Waals surface area contributed by atoms with Crippen LogP contribution in [-0.2, 0) is 19.7 Å². The molecule has 1 aliphatic heterocycles. The van der Waals surface area contributed by atoms with Crippen molar-refractivity contribution in [1.29, 1.82) is 0 Å². The zero-order chi connectivity index (χ0) is 15.4. The van der Waals surface area contributed by atoms with Crippen molar-refractivity contribution >= 4 is 0 Å². The van der Waals surface area contributed by atoms with E-state index in [2.05, 4.69) is 16.8 Å². The summed E-state index contributed by atoms with van der Waals surface area (Å²) in [6.07, 6.45) is 0.880. The molecule has 1 aromatic heterocycles. The fraction of sp³-hybridized carbons (Fsp3) is 0.667. The van der Waals surface area contributed by atoms with Crippen molar-refractivity contribution in [1.82, 2.24) is 14.4 Å². The first-order chi connectivity index (χ1) is 10.1. The van der Waals surface area contributed by atoms with Crippen LogP contribution in [0, 0.1) is 0 Å². The number of hydrogen-bond acceptors (Lipinski definition) is 5. The van der Waals surface area contributed by atoms with Gasteiger partial charge in [-0.2, -0.15) is 0 Å². The third-order valence-corrected chi connectivity index (χ3v) is 4.06. The van der Waals surface area contributed by atoms with Gasteiger partial charge in [-0.15, -0.1) is 0 Å². The van der Waals surface area contributed by atoms with Crippen molar-refractivity contribution < 1.29 is 10.2 Å². The number of aromatic hydroxyl groups is 1. The number of rotatable bonds is 5. The summed E-state index contributed by atoms with van der Waals surface area (Å²) in [5, 5.41) is 19.6. The van der Waals surface area contributed by atoms with Crippen molar-refractivity contribution in [3.05, 3.63) is 27.7 Å². The normalized spacial score (nSPS) is 17.3. The van der Waals surface area contributed by atoms with Crippen LogP contribution < -0.4 is 5.43 Å². The number of aliphatic hydroxyl groups excluding tert-OH is 1. The lowest BCUT2D eigenvalue weighted by atomic mass is 10.2. The van der Waals surface area contributed by atoms with Gasteiger partial charge in [0.15, 0.2) is 5.75 Å². The molecule has 0 aliphatic carbocycles. The molecule has 2 heterocycles. The third-order valence-electron chi connectivity index (χ3n) is 4.06. The Balaban J connectivity index is 2.31. The lowest BCUT2D eigenvalue weighted by molar-refractivity contribution is 0.143. The first-order valence-electron chi connectivity index (χ1n) is 7.53. The number of nitrogens with zero attached hydrogens (tertiary/aromatic N) is 3. The molecule has 0 amide bonds. The molecule has 1 aromatic rings. The lowest BCUT2D eigenvalue weighted by Gasteiger charge is -2.33. The fourth-order valence-corrected chi connectivity index (χ4v) is 2.75. The molecule has 21 heavy (non-hydrogen) atoms. The van der Waals surface area contributed by atoms with Crippen LogP contribution >= 0.6 is 0 Å². The quantitative estimate of drug-likeness (QED) is 0.812. The first-order valence-corrected chi connectivity index (χ1v) is 7.53. The molecular weight excluding hydrogens is 270 g/mol.